The van der Waals surface area contributed by atoms with E-state index in [1.54, 1.807) is 0 Å². The summed E-state index contributed by atoms with van der Waals surface area (Å²) >= 11 is 0. The minimum absolute atomic E-state index is 0.617. The minimum Gasteiger partial charge on any atom is -0.456 e. The molecule has 0 N–H and O–H groups in total. The first-order valence-corrected chi connectivity index (χ1v) is 19.3. The van der Waals surface area contributed by atoms with Crippen LogP contribution in [0.3, 0.4) is 0 Å². The molecule has 58 heavy (non-hydrogen) atoms. The smallest absolute Gasteiger partial charge is 0.164 e. The number of rotatable bonds is 5. The monoisotopic (exact) mass is 740 g/mol. The summed E-state index contributed by atoms with van der Waals surface area (Å²) < 4.78 is 7.01. The number of ether oxygens (including phenoxy) is 1. The van der Waals surface area contributed by atoms with Gasteiger partial charge in [0.2, 0.25) is 0 Å². The molecule has 270 valence electrons. The average molecular weight is 741 g/mol. The lowest BCUT2D eigenvalue weighted by molar-refractivity contribution is 0.438. The van der Waals surface area contributed by atoms with Gasteiger partial charge in [-0.05, 0) is 63.2 Å². The number of hydrogen-bond donors (Lipinski definition) is 0. The van der Waals surface area contributed by atoms with E-state index in [4.69, 9.17) is 19.7 Å². The molecule has 5 heteroatoms. The van der Waals surface area contributed by atoms with E-state index in [1.807, 2.05) is 84.9 Å². The molecular weight excluding hydrogens is 709 g/mol. The van der Waals surface area contributed by atoms with Crippen LogP contribution in [0.15, 0.2) is 194 Å². The van der Waals surface area contributed by atoms with Gasteiger partial charge < -0.3 is 4.74 Å². The predicted octanol–water partition coefficient (Wildman–Crippen LogP) is 12.5. The summed E-state index contributed by atoms with van der Waals surface area (Å²) in [4.78, 5) is 14.8. The molecule has 11 rings (SSSR count). The number of aromatic nitrogens is 3. The standard InChI is InChI=1S/C53H32N4O/c54-33-34-22-24-36(25-23-34)41-18-11-21-46-49(41)58-48-31-30-40(32-47(48)53(46)44-19-9-7-16-42(44)43-17-8-10-20-45(43)53)35-26-28-39(29-27-35)52-56-50(37-12-3-1-4-13-37)55-51(57-52)38-14-5-2-6-15-38/h1-32H. The van der Waals surface area contributed by atoms with Crippen LogP contribution in [0.5, 0.6) is 11.5 Å². The summed E-state index contributed by atoms with van der Waals surface area (Å²) in [5, 5.41) is 9.51. The molecule has 0 atom stereocenters. The van der Waals surface area contributed by atoms with Crippen LogP contribution in [0.2, 0.25) is 0 Å². The molecule has 0 unspecified atom stereocenters. The maximum Gasteiger partial charge on any atom is 0.164 e. The minimum atomic E-state index is -0.638. The zero-order valence-electron chi connectivity index (χ0n) is 31.2. The van der Waals surface area contributed by atoms with Crippen molar-refractivity contribution in [2.45, 2.75) is 5.41 Å². The van der Waals surface area contributed by atoms with Crippen molar-refractivity contribution in [3.63, 3.8) is 0 Å². The topological polar surface area (TPSA) is 71.7 Å². The van der Waals surface area contributed by atoms with Crippen molar-refractivity contribution in [2.75, 3.05) is 0 Å². The molecule has 0 saturated heterocycles. The highest BCUT2D eigenvalue weighted by Crippen LogP contribution is 2.63. The number of para-hydroxylation sites is 1. The van der Waals surface area contributed by atoms with Gasteiger partial charge in [-0.25, -0.2) is 15.0 Å². The summed E-state index contributed by atoms with van der Waals surface area (Å²) in [7, 11) is 0. The summed E-state index contributed by atoms with van der Waals surface area (Å²) in [5.41, 5.74) is 14.0. The first-order valence-electron chi connectivity index (χ1n) is 19.3. The van der Waals surface area contributed by atoms with Gasteiger partial charge in [-0.3, -0.25) is 0 Å². The van der Waals surface area contributed by atoms with E-state index >= 15 is 0 Å². The summed E-state index contributed by atoms with van der Waals surface area (Å²) in [5.74, 6) is 3.52. The molecule has 5 nitrogen and oxygen atoms in total. The predicted molar refractivity (Wildman–Crippen MR) is 229 cm³/mol. The fraction of sp³-hybridized carbons (Fsp3) is 0.0189. The van der Waals surface area contributed by atoms with Gasteiger partial charge in [-0.1, -0.05) is 170 Å². The normalized spacial score (nSPS) is 12.7. The number of nitrogens with zero attached hydrogens (tertiary/aromatic N) is 4. The third-order valence-electron chi connectivity index (χ3n) is 11.5. The number of nitriles is 1. The van der Waals surface area contributed by atoms with Gasteiger partial charge in [0.05, 0.1) is 17.0 Å². The molecule has 1 aromatic heterocycles. The van der Waals surface area contributed by atoms with E-state index in [0.717, 1.165) is 61.6 Å². The zero-order chi connectivity index (χ0) is 38.6. The lowest BCUT2D eigenvalue weighted by atomic mass is 9.65. The second-order valence-electron chi connectivity index (χ2n) is 14.6. The van der Waals surface area contributed by atoms with Crippen molar-refractivity contribution < 1.29 is 4.74 Å². The largest absolute Gasteiger partial charge is 0.456 e. The highest BCUT2D eigenvalue weighted by atomic mass is 16.5. The molecule has 2 heterocycles. The van der Waals surface area contributed by atoms with Gasteiger partial charge in [0.25, 0.3) is 0 Å². The molecule has 0 fully saturated rings. The second-order valence-corrected chi connectivity index (χ2v) is 14.6. The molecule has 0 amide bonds. The van der Waals surface area contributed by atoms with Crippen LogP contribution in [-0.2, 0) is 5.41 Å². The Bertz CT molecular complexity index is 2980. The zero-order valence-corrected chi connectivity index (χ0v) is 31.2. The quantitative estimate of drug-likeness (QED) is 0.176. The molecular formula is C53H32N4O. The Morgan fingerprint density at radius 2 is 0.845 bits per heavy atom. The Labute approximate surface area is 336 Å². The van der Waals surface area contributed by atoms with Crippen LogP contribution >= 0.6 is 0 Å². The van der Waals surface area contributed by atoms with Crippen LogP contribution in [0.1, 0.15) is 27.8 Å². The highest BCUT2D eigenvalue weighted by molar-refractivity contribution is 5.91. The van der Waals surface area contributed by atoms with Crippen LogP contribution in [0.25, 0.3) is 67.5 Å². The number of hydrogen-bond acceptors (Lipinski definition) is 5. The summed E-state index contributed by atoms with van der Waals surface area (Å²) in [6.07, 6.45) is 0. The molecule has 0 radical (unpaired) electrons. The van der Waals surface area contributed by atoms with Crippen LogP contribution in [-0.4, -0.2) is 15.0 Å². The van der Waals surface area contributed by atoms with E-state index in [0.29, 0.717) is 23.0 Å². The van der Waals surface area contributed by atoms with Gasteiger partial charge in [0, 0.05) is 33.4 Å². The first-order chi connectivity index (χ1) is 28.7. The SMILES string of the molecule is N#Cc1ccc(-c2cccc3c2Oc2ccc(-c4ccc(-c5nc(-c6ccccc6)nc(-c6ccccc6)n5)cc4)cc2C32c3ccccc3-c3ccccc32)cc1. The summed E-state index contributed by atoms with van der Waals surface area (Å²) in [6, 6.07) is 69.1. The Morgan fingerprint density at radius 3 is 1.43 bits per heavy atom. The van der Waals surface area contributed by atoms with Gasteiger partial charge >= 0.3 is 0 Å². The number of fused-ring (bicyclic) bond motifs is 9. The van der Waals surface area contributed by atoms with Crippen molar-refractivity contribution in [3.8, 4) is 85.1 Å². The fourth-order valence-corrected chi connectivity index (χ4v) is 8.81. The van der Waals surface area contributed by atoms with E-state index in [9.17, 15) is 5.26 Å². The van der Waals surface area contributed by atoms with Gasteiger partial charge in [-0.15, -0.1) is 0 Å². The van der Waals surface area contributed by atoms with Crippen LogP contribution in [0.4, 0.5) is 0 Å². The third kappa shape index (κ3) is 5.20. The highest BCUT2D eigenvalue weighted by Gasteiger charge is 2.51. The van der Waals surface area contributed by atoms with Gasteiger partial charge in [0.15, 0.2) is 17.5 Å². The lowest BCUT2D eigenvalue weighted by Crippen LogP contribution is -2.32. The van der Waals surface area contributed by atoms with E-state index in [1.165, 1.54) is 22.3 Å². The molecule has 1 aliphatic carbocycles. The Hall–Kier alpha value is -7.94. The maximum atomic E-state index is 9.51. The van der Waals surface area contributed by atoms with Crippen LogP contribution < -0.4 is 4.74 Å². The van der Waals surface area contributed by atoms with Crippen molar-refractivity contribution in [2.24, 2.45) is 0 Å². The van der Waals surface area contributed by atoms with Crippen LogP contribution in [0, 0.1) is 11.3 Å². The van der Waals surface area contributed by atoms with Crippen molar-refractivity contribution in [1.82, 2.24) is 15.0 Å². The lowest BCUT2D eigenvalue weighted by Gasteiger charge is -2.40. The fourth-order valence-electron chi connectivity index (χ4n) is 8.81. The van der Waals surface area contributed by atoms with Gasteiger partial charge in [-0.2, -0.15) is 5.26 Å². The Balaban J connectivity index is 1.06. The molecule has 8 aromatic carbocycles. The average Bonchev–Trinajstić information content (AvgIpc) is 3.60. The van der Waals surface area contributed by atoms with Crippen molar-refractivity contribution >= 4 is 0 Å². The van der Waals surface area contributed by atoms with Crippen molar-refractivity contribution in [3.05, 3.63) is 222 Å². The Kier molecular flexibility index (Phi) is 7.70. The van der Waals surface area contributed by atoms with E-state index < -0.39 is 5.41 Å². The molecule has 1 aliphatic heterocycles. The van der Waals surface area contributed by atoms with E-state index in [-0.39, 0.29) is 0 Å². The molecule has 1 spiro atoms. The van der Waals surface area contributed by atoms with E-state index in [2.05, 4.69) is 115 Å². The molecule has 0 saturated carbocycles. The Morgan fingerprint density at radius 1 is 0.379 bits per heavy atom. The second kappa shape index (κ2) is 13.4. The van der Waals surface area contributed by atoms with Crippen molar-refractivity contribution in [1.29, 1.82) is 5.26 Å². The summed E-state index contributed by atoms with van der Waals surface area (Å²) in [6.45, 7) is 0. The van der Waals surface area contributed by atoms with Gasteiger partial charge in [0.1, 0.15) is 11.5 Å². The molecule has 0 bridgehead atoms. The molecule has 2 aliphatic rings. The maximum absolute atomic E-state index is 9.51. The molecule has 9 aromatic rings. The first kappa shape index (κ1) is 33.4. The third-order valence-corrected chi connectivity index (χ3v) is 11.5. The number of benzene rings is 8.